The summed E-state index contributed by atoms with van der Waals surface area (Å²) in [4.78, 5) is 4.10. The van der Waals surface area contributed by atoms with Gasteiger partial charge in [0.05, 0.1) is 31.7 Å². The summed E-state index contributed by atoms with van der Waals surface area (Å²) in [6.45, 7) is 3.93. The Labute approximate surface area is 95.5 Å². The molecule has 0 amide bonds. The van der Waals surface area contributed by atoms with Crippen molar-refractivity contribution in [2.45, 2.75) is 38.9 Å². The van der Waals surface area contributed by atoms with Gasteiger partial charge in [0.15, 0.2) is 11.5 Å². The Morgan fingerprint density at radius 1 is 1.25 bits per heavy atom. The highest BCUT2D eigenvalue weighted by Crippen LogP contribution is 2.39. The second kappa shape index (κ2) is 4.60. The topological polar surface area (TPSA) is 40.6 Å². The van der Waals surface area contributed by atoms with Crippen LogP contribution in [0.1, 0.15) is 26.7 Å². The van der Waals surface area contributed by atoms with Gasteiger partial charge in [-0.15, -0.1) is 0 Å². The molecule has 0 atom stereocenters. The lowest BCUT2D eigenvalue weighted by molar-refractivity contribution is 0.220. The number of pyridine rings is 1. The molecule has 0 aromatic carbocycles. The molecule has 2 rings (SSSR count). The molecule has 1 heterocycles. The fourth-order valence-electron chi connectivity index (χ4n) is 1.40. The Balaban J connectivity index is 2.21. The molecule has 4 nitrogen and oxygen atoms in total. The van der Waals surface area contributed by atoms with Gasteiger partial charge in [-0.05, 0) is 26.7 Å². The largest absolute Gasteiger partial charge is 0.490 e. The van der Waals surface area contributed by atoms with Gasteiger partial charge in [-0.1, -0.05) is 0 Å². The zero-order chi connectivity index (χ0) is 11.5. The number of hydrogen-bond acceptors (Lipinski definition) is 4. The molecule has 1 aromatic heterocycles. The molecule has 0 aliphatic heterocycles. The molecule has 4 heteroatoms. The fraction of sp³-hybridized carbons (Fsp3) is 0.583. The first-order valence-corrected chi connectivity index (χ1v) is 5.56. The number of aromatic nitrogens is 1. The Bertz CT molecular complexity index is 339. The van der Waals surface area contributed by atoms with Gasteiger partial charge in [-0.25, -0.2) is 0 Å². The molecule has 0 saturated heterocycles. The average molecular weight is 223 g/mol. The van der Waals surface area contributed by atoms with E-state index >= 15 is 0 Å². The van der Waals surface area contributed by atoms with Crippen molar-refractivity contribution in [2.24, 2.45) is 0 Å². The maximum absolute atomic E-state index is 5.70. The predicted molar refractivity (Wildman–Crippen MR) is 60.2 cm³/mol. The first-order chi connectivity index (χ1) is 7.70. The zero-order valence-corrected chi connectivity index (χ0v) is 9.90. The second-order valence-electron chi connectivity index (χ2n) is 4.15. The third-order valence-corrected chi connectivity index (χ3v) is 2.22. The Hall–Kier alpha value is -1.45. The molecule has 16 heavy (non-hydrogen) atoms. The highest BCUT2D eigenvalue weighted by atomic mass is 16.5. The quantitative estimate of drug-likeness (QED) is 0.768. The summed E-state index contributed by atoms with van der Waals surface area (Å²) in [6, 6.07) is 0. The molecule has 1 saturated carbocycles. The van der Waals surface area contributed by atoms with Crippen molar-refractivity contribution in [3.05, 3.63) is 12.4 Å². The van der Waals surface area contributed by atoms with Crippen molar-refractivity contribution in [2.75, 3.05) is 7.11 Å². The van der Waals surface area contributed by atoms with Gasteiger partial charge in [-0.3, -0.25) is 4.98 Å². The van der Waals surface area contributed by atoms with Crippen LogP contribution in [0.5, 0.6) is 17.2 Å². The lowest BCUT2D eigenvalue weighted by Gasteiger charge is -2.15. The molecule has 1 aliphatic rings. The van der Waals surface area contributed by atoms with E-state index in [0.29, 0.717) is 23.4 Å². The number of methoxy groups -OCH3 is 1. The van der Waals surface area contributed by atoms with Crippen molar-refractivity contribution < 1.29 is 14.2 Å². The van der Waals surface area contributed by atoms with E-state index in [4.69, 9.17) is 14.2 Å². The second-order valence-corrected chi connectivity index (χ2v) is 4.15. The minimum atomic E-state index is 0.0897. The molecule has 0 N–H and O–H groups in total. The fourth-order valence-corrected chi connectivity index (χ4v) is 1.40. The van der Waals surface area contributed by atoms with Crippen LogP contribution in [0.3, 0.4) is 0 Å². The normalized spacial score (nSPS) is 15.0. The first-order valence-electron chi connectivity index (χ1n) is 5.56. The van der Waals surface area contributed by atoms with Crippen LogP contribution in [0.4, 0.5) is 0 Å². The number of hydrogen-bond donors (Lipinski definition) is 0. The average Bonchev–Trinajstić information content (AvgIpc) is 3.01. The minimum absolute atomic E-state index is 0.0897. The van der Waals surface area contributed by atoms with E-state index in [-0.39, 0.29) is 6.10 Å². The van der Waals surface area contributed by atoms with Crippen molar-refractivity contribution in [3.8, 4) is 17.2 Å². The van der Waals surface area contributed by atoms with Crippen molar-refractivity contribution >= 4 is 0 Å². The summed E-state index contributed by atoms with van der Waals surface area (Å²) >= 11 is 0. The Morgan fingerprint density at radius 2 is 1.94 bits per heavy atom. The summed E-state index contributed by atoms with van der Waals surface area (Å²) in [7, 11) is 1.61. The van der Waals surface area contributed by atoms with E-state index in [0.717, 1.165) is 12.8 Å². The molecule has 1 aliphatic carbocycles. The SMILES string of the molecule is COc1c(OC(C)C)cncc1OC1CC1. The molecule has 0 bridgehead atoms. The number of ether oxygens (including phenoxy) is 3. The number of rotatable bonds is 5. The Morgan fingerprint density at radius 3 is 2.50 bits per heavy atom. The number of nitrogens with zero attached hydrogens (tertiary/aromatic N) is 1. The van der Waals surface area contributed by atoms with Crippen LogP contribution in [0.25, 0.3) is 0 Å². The van der Waals surface area contributed by atoms with Gasteiger partial charge in [0.1, 0.15) is 0 Å². The lowest BCUT2D eigenvalue weighted by atomic mass is 10.3. The van der Waals surface area contributed by atoms with Crippen LogP contribution in [0.15, 0.2) is 12.4 Å². The molecule has 0 spiro atoms. The van der Waals surface area contributed by atoms with Crippen LogP contribution in [0, 0.1) is 0 Å². The summed E-state index contributed by atoms with van der Waals surface area (Å²) in [5.41, 5.74) is 0. The smallest absolute Gasteiger partial charge is 0.206 e. The molecular formula is C12H17NO3. The van der Waals surface area contributed by atoms with E-state index in [1.807, 2.05) is 13.8 Å². The van der Waals surface area contributed by atoms with Gasteiger partial charge in [-0.2, -0.15) is 0 Å². The minimum Gasteiger partial charge on any atom is -0.490 e. The van der Waals surface area contributed by atoms with Crippen LogP contribution in [-0.4, -0.2) is 24.3 Å². The van der Waals surface area contributed by atoms with Crippen molar-refractivity contribution in [1.29, 1.82) is 0 Å². The van der Waals surface area contributed by atoms with E-state index in [1.165, 1.54) is 0 Å². The molecule has 1 fully saturated rings. The van der Waals surface area contributed by atoms with Crippen LogP contribution in [0.2, 0.25) is 0 Å². The maximum atomic E-state index is 5.70. The van der Waals surface area contributed by atoms with Gasteiger partial charge in [0, 0.05) is 0 Å². The lowest BCUT2D eigenvalue weighted by Crippen LogP contribution is -2.08. The summed E-state index contributed by atoms with van der Waals surface area (Å²) in [5.74, 6) is 1.94. The van der Waals surface area contributed by atoms with E-state index in [9.17, 15) is 0 Å². The molecule has 0 unspecified atom stereocenters. The summed E-state index contributed by atoms with van der Waals surface area (Å²) in [5, 5.41) is 0. The van der Waals surface area contributed by atoms with E-state index < -0.39 is 0 Å². The molecular weight excluding hydrogens is 206 g/mol. The zero-order valence-electron chi connectivity index (χ0n) is 9.90. The van der Waals surface area contributed by atoms with Crippen molar-refractivity contribution in [3.63, 3.8) is 0 Å². The third-order valence-electron chi connectivity index (χ3n) is 2.22. The summed E-state index contributed by atoms with van der Waals surface area (Å²) in [6.07, 6.45) is 5.96. The first kappa shape index (κ1) is 11.0. The predicted octanol–water partition coefficient (Wildman–Crippen LogP) is 2.42. The standard InChI is InChI=1S/C12H17NO3/c1-8(2)15-10-6-13-7-11(12(10)14-3)16-9-4-5-9/h6-9H,4-5H2,1-3H3. The molecule has 88 valence electrons. The molecule has 0 radical (unpaired) electrons. The van der Waals surface area contributed by atoms with Crippen molar-refractivity contribution in [1.82, 2.24) is 4.98 Å². The van der Waals surface area contributed by atoms with E-state index in [2.05, 4.69) is 4.98 Å². The van der Waals surface area contributed by atoms with Crippen LogP contribution < -0.4 is 14.2 Å². The van der Waals surface area contributed by atoms with Gasteiger partial charge in [0.2, 0.25) is 5.75 Å². The molecule has 1 aromatic rings. The Kier molecular flexibility index (Phi) is 3.17. The van der Waals surface area contributed by atoms with E-state index in [1.54, 1.807) is 19.5 Å². The van der Waals surface area contributed by atoms with Gasteiger partial charge >= 0.3 is 0 Å². The van der Waals surface area contributed by atoms with Crippen LogP contribution in [-0.2, 0) is 0 Å². The van der Waals surface area contributed by atoms with Gasteiger partial charge < -0.3 is 14.2 Å². The highest BCUT2D eigenvalue weighted by molar-refractivity contribution is 5.48. The monoisotopic (exact) mass is 223 g/mol. The summed E-state index contributed by atoms with van der Waals surface area (Å²) < 4.78 is 16.6. The maximum Gasteiger partial charge on any atom is 0.206 e. The van der Waals surface area contributed by atoms with Gasteiger partial charge in [0.25, 0.3) is 0 Å². The van der Waals surface area contributed by atoms with Crippen LogP contribution >= 0.6 is 0 Å². The third kappa shape index (κ3) is 2.56. The highest BCUT2D eigenvalue weighted by Gasteiger charge is 2.26.